The number of anilines is 2. The van der Waals surface area contributed by atoms with Gasteiger partial charge in [0, 0.05) is 31.1 Å². The number of urea groups is 1. The Morgan fingerprint density at radius 2 is 1.60 bits per heavy atom. The summed E-state index contributed by atoms with van der Waals surface area (Å²) in [5.74, 6) is -2.01. The fourth-order valence-electron chi connectivity index (χ4n) is 4.09. The number of aryl methyl sites for hydroxylation is 1. The Bertz CT molecular complexity index is 1260. The van der Waals surface area contributed by atoms with Gasteiger partial charge in [0.1, 0.15) is 0 Å². The summed E-state index contributed by atoms with van der Waals surface area (Å²) in [5.41, 5.74) is 3.47. The molecule has 182 valence electrons. The van der Waals surface area contributed by atoms with Gasteiger partial charge < -0.3 is 20.5 Å². The molecule has 3 N–H and O–H groups in total. The smallest absolute Gasteiger partial charge is 0.416 e. The number of hydrogen-bond acceptors (Lipinski definition) is 4. The minimum absolute atomic E-state index is 0.0311. The van der Waals surface area contributed by atoms with Crippen LogP contribution in [0, 0.1) is 0 Å². The first-order chi connectivity index (χ1) is 16.5. The summed E-state index contributed by atoms with van der Waals surface area (Å²) < 4.78 is 43.6. The summed E-state index contributed by atoms with van der Waals surface area (Å²) in [7, 11) is 0. The van der Waals surface area contributed by atoms with E-state index in [2.05, 4.69) is 10.6 Å². The van der Waals surface area contributed by atoms with Gasteiger partial charge in [-0.3, -0.25) is 4.79 Å². The van der Waals surface area contributed by atoms with Crippen LogP contribution in [-0.4, -0.2) is 22.9 Å². The molecule has 1 aliphatic rings. The first-order valence-electron chi connectivity index (χ1n) is 10.9. The molecule has 0 fully saturated rings. The van der Waals surface area contributed by atoms with Crippen LogP contribution < -0.4 is 10.6 Å². The summed E-state index contributed by atoms with van der Waals surface area (Å²) >= 11 is 0. The van der Waals surface area contributed by atoms with Gasteiger partial charge in [-0.05, 0) is 59.0 Å². The number of alkyl halides is 3. The molecule has 9 heteroatoms. The van der Waals surface area contributed by atoms with E-state index in [1.54, 1.807) is 12.1 Å². The zero-order valence-electron chi connectivity index (χ0n) is 18.8. The number of carbonyl (C=O) groups excluding carboxylic acids is 2. The number of esters is 1. The van der Waals surface area contributed by atoms with Crippen molar-refractivity contribution in [2.45, 2.75) is 38.1 Å². The predicted octanol–water partition coefficient (Wildman–Crippen LogP) is 5.76. The first kappa shape index (κ1) is 24.3. The van der Waals surface area contributed by atoms with Crippen molar-refractivity contribution < 1.29 is 32.6 Å². The number of rotatable bonds is 4. The van der Waals surface area contributed by atoms with Crippen LogP contribution in [0.1, 0.15) is 30.0 Å². The third-order valence-corrected chi connectivity index (χ3v) is 5.72. The van der Waals surface area contributed by atoms with Crippen LogP contribution in [-0.2, 0) is 28.5 Å². The van der Waals surface area contributed by atoms with Gasteiger partial charge in [-0.2, -0.15) is 13.2 Å². The van der Waals surface area contributed by atoms with E-state index in [0.29, 0.717) is 18.5 Å². The molecule has 0 saturated carbocycles. The number of halogens is 3. The van der Waals surface area contributed by atoms with Gasteiger partial charge in [0.15, 0.2) is 0 Å². The van der Waals surface area contributed by atoms with Crippen molar-refractivity contribution in [3.63, 3.8) is 0 Å². The lowest BCUT2D eigenvalue weighted by Crippen LogP contribution is -2.40. The highest BCUT2D eigenvalue weighted by molar-refractivity contribution is 5.99. The number of fused-ring (bicyclic) bond motifs is 1. The molecule has 3 aromatic carbocycles. The van der Waals surface area contributed by atoms with Crippen LogP contribution in [0.5, 0.6) is 0 Å². The van der Waals surface area contributed by atoms with E-state index >= 15 is 0 Å². The predicted molar refractivity (Wildman–Crippen MR) is 125 cm³/mol. The molecular formula is C26H23F3N2O4. The third kappa shape index (κ3) is 5.99. The zero-order chi connectivity index (χ0) is 25.2. The number of hydrogen-bond donors (Lipinski definition) is 3. The Morgan fingerprint density at radius 1 is 0.914 bits per heavy atom. The topological polar surface area (TPSA) is 87.7 Å². The van der Waals surface area contributed by atoms with Gasteiger partial charge in [0.05, 0.1) is 5.56 Å². The van der Waals surface area contributed by atoms with Crippen LogP contribution in [0.15, 0.2) is 66.7 Å². The average Bonchev–Trinajstić information content (AvgIpc) is 2.78. The van der Waals surface area contributed by atoms with E-state index in [1.165, 1.54) is 19.1 Å². The van der Waals surface area contributed by atoms with E-state index in [4.69, 9.17) is 4.74 Å². The highest BCUT2D eigenvalue weighted by Crippen LogP contribution is 2.33. The Balaban J connectivity index is 1.41. The molecule has 0 bridgehead atoms. The second-order valence-electron chi connectivity index (χ2n) is 8.44. The standard InChI is InChI=1S/C26H23F3N2O4/c1-16(32)35-25(34)12-11-19-13-18(5-6-20(19)15-25)17-7-9-22(10-8-17)30-24(33)31-23-4-2-3-21(14-23)26(27,28)29/h2-10,13-14,34H,11-12,15H2,1H3,(H2,30,31,33). The fourth-order valence-corrected chi connectivity index (χ4v) is 4.09. The third-order valence-electron chi connectivity index (χ3n) is 5.72. The summed E-state index contributed by atoms with van der Waals surface area (Å²) in [6.45, 7) is 1.27. The minimum atomic E-state index is -4.50. The number of benzene rings is 3. The van der Waals surface area contributed by atoms with Gasteiger partial charge >= 0.3 is 18.2 Å². The monoisotopic (exact) mass is 484 g/mol. The average molecular weight is 484 g/mol. The van der Waals surface area contributed by atoms with Gasteiger partial charge in [-0.15, -0.1) is 0 Å². The lowest BCUT2D eigenvalue weighted by atomic mass is 9.85. The van der Waals surface area contributed by atoms with Crippen LogP contribution in [0.2, 0.25) is 0 Å². The van der Waals surface area contributed by atoms with Gasteiger partial charge in [-0.1, -0.05) is 36.4 Å². The number of carbonyl (C=O) groups is 2. The highest BCUT2D eigenvalue weighted by Gasteiger charge is 2.35. The number of ether oxygens (including phenoxy) is 1. The molecule has 0 aliphatic heterocycles. The summed E-state index contributed by atoms with van der Waals surface area (Å²) in [6.07, 6.45) is -3.40. The second kappa shape index (κ2) is 9.42. The van der Waals surface area contributed by atoms with E-state index in [1.807, 2.05) is 30.3 Å². The van der Waals surface area contributed by atoms with Crippen molar-refractivity contribution in [2.75, 3.05) is 10.6 Å². The van der Waals surface area contributed by atoms with Crippen LogP contribution in [0.3, 0.4) is 0 Å². The lowest BCUT2D eigenvalue weighted by molar-refractivity contribution is -0.210. The van der Waals surface area contributed by atoms with E-state index < -0.39 is 29.5 Å². The molecule has 0 saturated heterocycles. The Kier molecular flexibility index (Phi) is 6.53. The maximum atomic E-state index is 12.8. The molecule has 0 radical (unpaired) electrons. The molecule has 1 aliphatic carbocycles. The van der Waals surface area contributed by atoms with E-state index in [9.17, 15) is 27.9 Å². The van der Waals surface area contributed by atoms with Crippen molar-refractivity contribution in [1.29, 1.82) is 0 Å². The van der Waals surface area contributed by atoms with Crippen molar-refractivity contribution >= 4 is 23.4 Å². The van der Waals surface area contributed by atoms with E-state index in [0.717, 1.165) is 34.4 Å². The zero-order valence-corrected chi connectivity index (χ0v) is 18.8. The largest absolute Gasteiger partial charge is 0.433 e. The molecule has 3 aromatic rings. The molecule has 1 unspecified atom stereocenters. The van der Waals surface area contributed by atoms with Crippen molar-refractivity contribution in [1.82, 2.24) is 0 Å². The van der Waals surface area contributed by atoms with E-state index in [-0.39, 0.29) is 12.1 Å². The van der Waals surface area contributed by atoms with Crippen molar-refractivity contribution in [3.8, 4) is 11.1 Å². The van der Waals surface area contributed by atoms with Crippen LogP contribution in [0.25, 0.3) is 11.1 Å². The maximum absolute atomic E-state index is 12.8. The molecule has 4 rings (SSSR count). The fraction of sp³-hybridized carbons (Fsp3) is 0.231. The molecule has 0 aromatic heterocycles. The molecule has 35 heavy (non-hydrogen) atoms. The lowest BCUT2D eigenvalue weighted by Gasteiger charge is -2.32. The first-order valence-corrected chi connectivity index (χ1v) is 10.9. The quantitative estimate of drug-likeness (QED) is 0.325. The molecular weight excluding hydrogens is 461 g/mol. The van der Waals surface area contributed by atoms with Gasteiger partial charge in [0.2, 0.25) is 5.79 Å². The number of amides is 2. The summed E-state index contributed by atoms with van der Waals surface area (Å²) in [5, 5.41) is 15.5. The van der Waals surface area contributed by atoms with Crippen LogP contribution in [0.4, 0.5) is 29.3 Å². The molecule has 2 amide bonds. The minimum Gasteiger partial charge on any atom is -0.433 e. The molecule has 6 nitrogen and oxygen atoms in total. The van der Waals surface area contributed by atoms with Crippen molar-refractivity contribution in [2.24, 2.45) is 0 Å². The van der Waals surface area contributed by atoms with Crippen molar-refractivity contribution in [3.05, 3.63) is 83.4 Å². The van der Waals surface area contributed by atoms with Gasteiger partial charge in [0.25, 0.3) is 0 Å². The van der Waals surface area contributed by atoms with Gasteiger partial charge in [-0.25, -0.2) is 4.79 Å². The Labute approximate surface area is 199 Å². The molecule has 0 heterocycles. The maximum Gasteiger partial charge on any atom is 0.416 e. The molecule has 1 atom stereocenters. The molecule has 0 spiro atoms. The summed E-state index contributed by atoms with van der Waals surface area (Å²) in [4.78, 5) is 23.5. The SMILES string of the molecule is CC(=O)OC1(O)CCc2cc(-c3ccc(NC(=O)Nc4cccc(C(F)(F)F)c4)cc3)ccc2C1. The van der Waals surface area contributed by atoms with Crippen LogP contribution >= 0.6 is 0 Å². The number of nitrogens with one attached hydrogen (secondary N) is 2. The Morgan fingerprint density at radius 3 is 2.29 bits per heavy atom. The number of aliphatic hydroxyl groups is 1. The normalized spacial score (nSPS) is 17.3. The summed E-state index contributed by atoms with van der Waals surface area (Å²) in [6, 6.07) is 16.6. The highest BCUT2D eigenvalue weighted by atomic mass is 19.4. The second-order valence-corrected chi connectivity index (χ2v) is 8.44. The Hall–Kier alpha value is -3.85.